The summed E-state index contributed by atoms with van der Waals surface area (Å²) in [6.07, 6.45) is 0. The third kappa shape index (κ3) is 4.07. The Bertz CT molecular complexity index is 762. The van der Waals surface area contributed by atoms with Crippen LogP contribution in [-0.2, 0) is 0 Å². The summed E-state index contributed by atoms with van der Waals surface area (Å²) in [6.45, 7) is -1.70. The van der Waals surface area contributed by atoms with Crippen LogP contribution < -0.4 is 14.8 Å². The van der Waals surface area contributed by atoms with E-state index < -0.39 is 12.5 Å². The number of carbonyl (C=O) groups excluding carboxylic acids is 2. The maximum atomic E-state index is 12.6. The van der Waals surface area contributed by atoms with Gasteiger partial charge in [0.05, 0.1) is 12.7 Å². The molecule has 0 spiro atoms. The Labute approximate surface area is 137 Å². The molecule has 0 fully saturated rings. The van der Waals surface area contributed by atoms with Crippen molar-refractivity contribution in [1.82, 2.24) is 0 Å². The number of para-hydroxylation sites is 1. The van der Waals surface area contributed by atoms with E-state index in [1.165, 1.54) is 38.3 Å². The van der Waals surface area contributed by atoms with Crippen LogP contribution in [0.4, 0.5) is 14.5 Å². The van der Waals surface area contributed by atoms with Gasteiger partial charge in [0.1, 0.15) is 0 Å². The van der Waals surface area contributed by atoms with Crippen molar-refractivity contribution in [2.45, 2.75) is 13.5 Å². The third-order valence-corrected chi connectivity index (χ3v) is 3.18. The number of benzene rings is 2. The monoisotopic (exact) mass is 335 g/mol. The summed E-state index contributed by atoms with van der Waals surface area (Å²) in [4.78, 5) is 23.8. The summed E-state index contributed by atoms with van der Waals surface area (Å²) in [5.41, 5.74) is 0.670. The number of nitrogens with one attached hydrogen (secondary N) is 1. The van der Waals surface area contributed by atoms with Crippen molar-refractivity contribution in [3.63, 3.8) is 0 Å². The fourth-order valence-corrected chi connectivity index (χ4v) is 2.08. The molecule has 0 aliphatic heterocycles. The van der Waals surface area contributed by atoms with Gasteiger partial charge in [0.2, 0.25) is 0 Å². The molecule has 0 aliphatic rings. The zero-order chi connectivity index (χ0) is 17.7. The molecule has 126 valence electrons. The first-order valence-corrected chi connectivity index (χ1v) is 6.96. The van der Waals surface area contributed by atoms with E-state index in [0.29, 0.717) is 11.3 Å². The van der Waals surface area contributed by atoms with Crippen LogP contribution in [0.15, 0.2) is 42.5 Å². The number of alkyl halides is 2. The minimum Gasteiger partial charge on any atom is -0.493 e. The molecule has 2 aromatic rings. The van der Waals surface area contributed by atoms with Gasteiger partial charge in [0, 0.05) is 11.3 Å². The lowest BCUT2D eigenvalue weighted by molar-refractivity contribution is -0.0515. The Balaban J connectivity index is 2.33. The van der Waals surface area contributed by atoms with Crippen molar-refractivity contribution in [2.75, 3.05) is 12.4 Å². The SMILES string of the molecule is COc1cccc(C(=O)Nc2cccc(C(C)=O)c2)c1OC(F)F. The van der Waals surface area contributed by atoms with Crippen LogP contribution in [0.5, 0.6) is 11.5 Å². The maximum absolute atomic E-state index is 12.6. The van der Waals surface area contributed by atoms with E-state index in [1.54, 1.807) is 18.2 Å². The highest BCUT2D eigenvalue weighted by Gasteiger charge is 2.20. The molecule has 0 atom stereocenters. The lowest BCUT2D eigenvalue weighted by atomic mass is 10.1. The quantitative estimate of drug-likeness (QED) is 0.817. The molecule has 0 radical (unpaired) electrons. The molecule has 0 aliphatic carbocycles. The van der Waals surface area contributed by atoms with Gasteiger partial charge in [0.25, 0.3) is 5.91 Å². The summed E-state index contributed by atoms with van der Waals surface area (Å²) < 4.78 is 34.6. The van der Waals surface area contributed by atoms with E-state index in [1.807, 2.05) is 0 Å². The Kier molecular flexibility index (Phi) is 5.47. The number of hydrogen-bond donors (Lipinski definition) is 1. The standard InChI is InChI=1S/C17H15F2NO4/c1-10(21)11-5-3-6-12(9-11)20-16(22)13-7-4-8-14(23-2)15(13)24-17(18)19/h3-9,17H,1-2H3,(H,20,22). The van der Waals surface area contributed by atoms with Gasteiger partial charge in [-0.2, -0.15) is 8.78 Å². The fourth-order valence-electron chi connectivity index (χ4n) is 2.08. The van der Waals surface area contributed by atoms with E-state index in [2.05, 4.69) is 10.1 Å². The third-order valence-electron chi connectivity index (χ3n) is 3.18. The first kappa shape index (κ1) is 17.4. The van der Waals surface area contributed by atoms with Crippen LogP contribution in [0.2, 0.25) is 0 Å². The van der Waals surface area contributed by atoms with Gasteiger partial charge in [-0.15, -0.1) is 0 Å². The van der Waals surface area contributed by atoms with Crippen molar-refractivity contribution >= 4 is 17.4 Å². The van der Waals surface area contributed by atoms with E-state index in [0.717, 1.165) is 0 Å². The molecule has 0 unspecified atom stereocenters. The summed E-state index contributed by atoms with van der Waals surface area (Å²) in [5.74, 6) is -1.16. The van der Waals surface area contributed by atoms with Crippen molar-refractivity contribution in [3.8, 4) is 11.5 Å². The number of carbonyl (C=O) groups is 2. The number of anilines is 1. The molecule has 5 nitrogen and oxygen atoms in total. The highest BCUT2D eigenvalue weighted by atomic mass is 19.3. The number of amides is 1. The topological polar surface area (TPSA) is 64.6 Å². The van der Waals surface area contributed by atoms with Crippen LogP contribution in [0.3, 0.4) is 0 Å². The van der Waals surface area contributed by atoms with Gasteiger partial charge in [-0.1, -0.05) is 18.2 Å². The Morgan fingerprint density at radius 1 is 1.12 bits per heavy atom. The second-order valence-corrected chi connectivity index (χ2v) is 4.81. The minimum absolute atomic E-state index is 0.0143. The Hall–Kier alpha value is -2.96. The summed E-state index contributed by atoms with van der Waals surface area (Å²) >= 11 is 0. The van der Waals surface area contributed by atoms with E-state index >= 15 is 0 Å². The highest BCUT2D eigenvalue weighted by Crippen LogP contribution is 2.33. The van der Waals surface area contributed by atoms with E-state index in [9.17, 15) is 18.4 Å². The summed E-state index contributed by atoms with van der Waals surface area (Å²) in [6, 6.07) is 10.5. The molecule has 0 heterocycles. The number of hydrogen-bond acceptors (Lipinski definition) is 4. The minimum atomic E-state index is -3.10. The second-order valence-electron chi connectivity index (χ2n) is 4.81. The molecule has 2 rings (SSSR count). The molecule has 1 N–H and O–H groups in total. The van der Waals surface area contributed by atoms with Crippen LogP contribution in [0.25, 0.3) is 0 Å². The number of ether oxygens (including phenoxy) is 2. The predicted octanol–water partition coefficient (Wildman–Crippen LogP) is 3.75. The van der Waals surface area contributed by atoms with E-state index in [4.69, 9.17) is 4.74 Å². The fraction of sp³-hybridized carbons (Fsp3) is 0.176. The molecule has 0 saturated carbocycles. The first-order valence-electron chi connectivity index (χ1n) is 6.96. The Morgan fingerprint density at radius 3 is 2.46 bits per heavy atom. The molecule has 0 bridgehead atoms. The zero-order valence-electron chi connectivity index (χ0n) is 13.0. The average molecular weight is 335 g/mol. The van der Waals surface area contributed by atoms with Crippen molar-refractivity contribution in [3.05, 3.63) is 53.6 Å². The lowest BCUT2D eigenvalue weighted by Gasteiger charge is -2.14. The van der Waals surface area contributed by atoms with Gasteiger partial charge in [-0.05, 0) is 31.2 Å². The van der Waals surface area contributed by atoms with Gasteiger partial charge in [-0.25, -0.2) is 0 Å². The number of methoxy groups -OCH3 is 1. The number of rotatable bonds is 6. The Morgan fingerprint density at radius 2 is 1.83 bits per heavy atom. The van der Waals surface area contributed by atoms with E-state index in [-0.39, 0.29) is 22.8 Å². The largest absolute Gasteiger partial charge is 0.493 e. The van der Waals surface area contributed by atoms with Crippen molar-refractivity contribution in [2.24, 2.45) is 0 Å². The van der Waals surface area contributed by atoms with Crippen molar-refractivity contribution in [1.29, 1.82) is 0 Å². The molecule has 0 aromatic heterocycles. The van der Waals surface area contributed by atoms with Crippen molar-refractivity contribution < 1.29 is 27.8 Å². The van der Waals surface area contributed by atoms with Crippen LogP contribution in [0, 0.1) is 0 Å². The molecule has 24 heavy (non-hydrogen) atoms. The lowest BCUT2D eigenvalue weighted by Crippen LogP contribution is -2.16. The number of ketones is 1. The number of Topliss-reactive ketones (excluding diaryl/α,β-unsaturated/α-hetero) is 1. The number of halogens is 2. The first-order chi connectivity index (χ1) is 11.4. The molecular weight excluding hydrogens is 320 g/mol. The molecular formula is C17H15F2NO4. The zero-order valence-corrected chi connectivity index (χ0v) is 13.0. The van der Waals surface area contributed by atoms with Gasteiger partial charge in [-0.3, -0.25) is 9.59 Å². The smallest absolute Gasteiger partial charge is 0.387 e. The normalized spacial score (nSPS) is 10.4. The maximum Gasteiger partial charge on any atom is 0.387 e. The average Bonchev–Trinajstić information content (AvgIpc) is 2.54. The van der Waals surface area contributed by atoms with Gasteiger partial charge in [0.15, 0.2) is 17.3 Å². The second kappa shape index (κ2) is 7.54. The summed E-state index contributed by atoms with van der Waals surface area (Å²) in [5, 5.41) is 2.55. The van der Waals surface area contributed by atoms with Gasteiger partial charge < -0.3 is 14.8 Å². The molecule has 2 aromatic carbocycles. The summed E-state index contributed by atoms with van der Waals surface area (Å²) in [7, 11) is 1.28. The molecule has 1 amide bonds. The molecule has 0 saturated heterocycles. The van der Waals surface area contributed by atoms with Crippen LogP contribution >= 0.6 is 0 Å². The predicted molar refractivity (Wildman–Crippen MR) is 84.0 cm³/mol. The molecule has 7 heteroatoms. The highest BCUT2D eigenvalue weighted by molar-refractivity contribution is 6.07. The van der Waals surface area contributed by atoms with Crippen LogP contribution in [0.1, 0.15) is 27.6 Å². The van der Waals surface area contributed by atoms with Gasteiger partial charge >= 0.3 is 6.61 Å². The van der Waals surface area contributed by atoms with Crippen LogP contribution in [-0.4, -0.2) is 25.4 Å².